The number of nitrogens with zero attached hydrogens (tertiary/aromatic N) is 1. The standard InChI is InChI=1S/C14H16N2O/c1-10-4-2-3-5-12(10)13-9-16-14(17-13)11-6-7-15-8-11/h2-5,9,11,15H,6-8H2,1H3. The van der Waals surface area contributed by atoms with Crippen molar-refractivity contribution in [2.75, 3.05) is 13.1 Å². The Kier molecular flexibility index (Phi) is 2.69. The second-order valence-electron chi connectivity index (χ2n) is 4.57. The van der Waals surface area contributed by atoms with Crippen molar-refractivity contribution < 1.29 is 4.42 Å². The van der Waals surface area contributed by atoms with Gasteiger partial charge in [-0.3, -0.25) is 0 Å². The van der Waals surface area contributed by atoms with E-state index < -0.39 is 0 Å². The van der Waals surface area contributed by atoms with Gasteiger partial charge in [0.05, 0.1) is 6.20 Å². The first kappa shape index (κ1) is 10.5. The van der Waals surface area contributed by atoms with Crippen molar-refractivity contribution in [3.8, 4) is 11.3 Å². The van der Waals surface area contributed by atoms with Crippen LogP contribution in [-0.4, -0.2) is 18.1 Å². The van der Waals surface area contributed by atoms with Gasteiger partial charge in [-0.25, -0.2) is 4.98 Å². The number of aryl methyl sites for hydroxylation is 1. The highest BCUT2D eigenvalue weighted by Gasteiger charge is 2.21. The molecule has 0 saturated carbocycles. The number of aromatic nitrogens is 1. The Balaban J connectivity index is 1.92. The molecule has 0 radical (unpaired) electrons. The zero-order valence-corrected chi connectivity index (χ0v) is 9.94. The van der Waals surface area contributed by atoms with E-state index in [1.165, 1.54) is 5.56 Å². The number of rotatable bonds is 2. The summed E-state index contributed by atoms with van der Waals surface area (Å²) in [6.07, 6.45) is 2.96. The van der Waals surface area contributed by atoms with E-state index in [4.69, 9.17) is 4.42 Å². The molecule has 1 aliphatic heterocycles. The number of oxazole rings is 1. The van der Waals surface area contributed by atoms with Gasteiger partial charge in [-0.15, -0.1) is 0 Å². The van der Waals surface area contributed by atoms with Gasteiger partial charge >= 0.3 is 0 Å². The minimum atomic E-state index is 0.438. The lowest BCUT2D eigenvalue weighted by atomic mass is 10.1. The summed E-state index contributed by atoms with van der Waals surface area (Å²) in [6.45, 7) is 4.13. The van der Waals surface area contributed by atoms with E-state index >= 15 is 0 Å². The van der Waals surface area contributed by atoms with Crippen molar-refractivity contribution in [1.29, 1.82) is 0 Å². The molecule has 1 saturated heterocycles. The lowest BCUT2D eigenvalue weighted by molar-refractivity contribution is 0.467. The summed E-state index contributed by atoms with van der Waals surface area (Å²) < 4.78 is 5.88. The van der Waals surface area contributed by atoms with Crippen molar-refractivity contribution in [2.45, 2.75) is 19.3 Å². The van der Waals surface area contributed by atoms with E-state index in [1.54, 1.807) is 0 Å². The molecule has 3 heteroatoms. The van der Waals surface area contributed by atoms with Crippen LogP contribution in [0, 0.1) is 6.92 Å². The first-order chi connectivity index (χ1) is 8.34. The highest BCUT2D eigenvalue weighted by Crippen LogP contribution is 2.28. The van der Waals surface area contributed by atoms with Gasteiger partial charge < -0.3 is 9.73 Å². The van der Waals surface area contributed by atoms with Crippen LogP contribution < -0.4 is 5.32 Å². The molecule has 1 fully saturated rings. The molecule has 0 amide bonds. The van der Waals surface area contributed by atoms with Gasteiger partial charge in [0.2, 0.25) is 0 Å². The molecule has 2 aromatic rings. The first-order valence-corrected chi connectivity index (χ1v) is 6.07. The van der Waals surface area contributed by atoms with Crippen molar-refractivity contribution in [2.24, 2.45) is 0 Å². The first-order valence-electron chi connectivity index (χ1n) is 6.07. The maximum Gasteiger partial charge on any atom is 0.199 e. The lowest BCUT2D eigenvalue weighted by Gasteiger charge is -2.03. The van der Waals surface area contributed by atoms with Crippen molar-refractivity contribution in [3.63, 3.8) is 0 Å². The molecule has 3 nitrogen and oxygen atoms in total. The summed E-state index contributed by atoms with van der Waals surface area (Å²) in [5.74, 6) is 2.19. The van der Waals surface area contributed by atoms with Gasteiger partial charge in [-0.05, 0) is 25.5 Å². The summed E-state index contributed by atoms with van der Waals surface area (Å²) in [7, 11) is 0. The third-order valence-corrected chi connectivity index (χ3v) is 3.34. The summed E-state index contributed by atoms with van der Waals surface area (Å²) in [5, 5.41) is 3.33. The van der Waals surface area contributed by atoms with Crippen LogP contribution in [0.4, 0.5) is 0 Å². The normalized spacial score (nSPS) is 19.7. The Morgan fingerprint density at radius 2 is 2.24 bits per heavy atom. The summed E-state index contributed by atoms with van der Waals surface area (Å²) in [4.78, 5) is 4.41. The Hall–Kier alpha value is -1.61. The number of hydrogen-bond donors (Lipinski definition) is 1. The van der Waals surface area contributed by atoms with Crippen molar-refractivity contribution in [3.05, 3.63) is 41.9 Å². The molecule has 2 heterocycles. The topological polar surface area (TPSA) is 38.1 Å². The minimum absolute atomic E-state index is 0.438. The summed E-state index contributed by atoms with van der Waals surface area (Å²) in [5.41, 5.74) is 2.36. The SMILES string of the molecule is Cc1ccccc1-c1cnc(C2CCNC2)o1. The van der Waals surface area contributed by atoms with Gasteiger partial charge in [0, 0.05) is 18.0 Å². The molecular weight excluding hydrogens is 212 g/mol. The van der Waals surface area contributed by atoms with Gasteiger partial charge in [-0.2, -0.15) is 0 Å². The zero-order valence-electron chi connectivity index (χ0n) is 9.94. The monoisotopic (exact) mass is 228 g/mol. The predicted octanol–water partition coefficient (Wildman–Crippen LogP) is 2.73. The van der Waals surface area contributed by atoms with E-state index in [-0.39, 0.29) is 0 Å². The fourth-order valence-electron chi connectivity index (χ4n) is 2.32. The Bertz CT molecular complexity index is 512. The van der Waals surface area contributed by atoms with Gasteiger partial charge in [0.25, 0.3) is 0 Å². The van der Waals surface area contributed by atoms with Crippen LogP contribution in [0.25, 0.3) is 11.3 Å². The Labute approximate surface area is 101 Å². The molecule has 17 heavy (non-hydrogen) atoms. The van der Waals surface area contributed by atoms with Crippen LogP contribution in [0.1, 0.15) is 23.8 Å². The van der Waals surface area contributed by atoms with E-state index in [0.717, 1.165) is 36.7 Å². The van der Waals surface area contributed by atoms with Crippen molar-refractivity contribution >= 4 is 0 Å². The largest absolute Gasteiger partial charge is 0.440 e. The molecule has 1 aliphatic rings. The molecule has 1 atom stereocenters. The quantitative estimate of drug-likeness (QED) is 0.858. The highest BCUT2D eigenvalue weighted by atomic mass is 16.4. The van der Waals surface area contributed by atoms with Crippen molar-refractivity contribution in [1.82, 2.24) is 10.3 Å². The van der Waals surface area contributed by atoms with Crippen LogP contribution in [-0.2, 0) is 0 Å². The van der Waals surface area contributed by atoms with Crippen LogP contribution in [0.15, 0.2) is 34.9 Å². The second kappa shape index (κ2) is 4.34. The van der Waals surface area contributed by atoms with Gasteiger partial charge in [0.15, 0.2) is 11.7 Å². The third kappa shape index (κ3) is 1.98. The Morgan fingerprint density at radius 3 is 3.00 bits per heavy atom. The van der Waals surface area contributed by atoms with Gasteiger partial charge in [0.1, 0.15) is 0 Å². The number of benzene rings is 1. The van der Waals surface area contributed by atoms with Crippen LogP contribution >= 0.6 is 0 Å². The maximum absolute atomic E-state index is 5.88. The molecule has 0 spiro atoms. The lowest BCUT2D eigenvalue weighted by Crippen LogP contribution is -2.07. The maximum atomic E-state index is 5.88. The summed E-state index contributed by atoms with van der Waals surface area (Å²) in [6, 6.07) is 8.24. The minimum Gasteiger partial charge on any atom is -0.440 e. The molecule has 1 aromatic heterocycles. The predicted molar refractivity (Wildman–Crippen MR) is 66.9 cm³/mol. The van der Waals surface area contributed by atoms with E-state index in [2.05, 4.69) is 29.4 Å². The Morgan fingerprint density at radius 1 is 1.35 bits per heavy atom. The molecule has 1 N–H and O–H groups in total. The number of nitrogens with one attached hydrogen (secondary N) is 1. The molecule has 0 aliphatic carbocycles. The zero-order chi connectivity index (χ0) is 11.7. The summed E-state index contributed by atoms with van der Waals surface area (Å²) >= 11 is 0. The molecule has 88 valence electrons. The second-order valence-corrected chi connectivity index (χ2v) is 4.57. The van der Waals surface area contributed by atoms with Crippen LogP contribution in [0.2, 0.25) is 0 Å². The van der Waals surface area contributed by atoms with E-state index in [1.807, 2.05) is 18.3 Å². The molecule has 1 aromatic carbocycles. The molecular formula is C14H16N2O. The van der Waals surface area contributed by atoms with Crippen LogP contribution in [0.3, 0.4) is 0 Å². The number of hydrogen-bond acceptors (Lipinski definition) is 3. The molecule has 3 rings (SSSR count). The average Bonchev–Trinajstić information content (AvgIpc) is 3.00. The van der Waals surface area contributed by atoms with Crippen LogP contribution in [0.5, 0.6) is 0 Å². The highest BCUT2D eigenvalue weighted by molar-refractivity contribution is 5.60. The third-order valence-electron chi connectivity index (χ3n) is 3.34. The smallest absolute Gasteiger partial charge is 0.199 e. The van der Waals surface area contributed by atoms with E-state index in [0.29, 0.717) is 5.92 Å². The fourth-order valence-corrected chi connectivity index (χ4v) is 2.32. The molecule has 0 bridgehead atoms. The fraction of sp³-hybridized carbons (Fsp3) is 0.357. The average molecular weight is 228 g/mol. The van der Waals surface area contributed by atoms with E-state index in [9.17, 15) is 0 Å². The van der Waals surface area contributed by atoms with Gasteiger partial charge in [-0.1, -0.05) is 24.3 Å². The molecule has 1 unspecified atom stereocenters.